The van der Waals surface area contributed by atoms with Crippen molar-refractivity contribution in [3.8, 4) is 11.5 Å². The number of esters is 1. The van der Waals surface area contributed by atoms with E-state index in [1.165, 1.54) is 13.8 Å². The van der Waals surface area contributed by atoms with Crippen LogP contribution in [0.2, 0.25) is 0 Å². The molecule has 10 atom stereocenters. The molecule has 62 heavy (non-hydrogen) atoms. The summed E-state index contributed by atoms with van der Waals surface area (Å²) in [4.78, 5) is 81.0. The zero-order chi connectivity index (χ0) is 45.7. The van der Waals surface area contributed by atoms with E-state index in [1.54, 1.807) is 39.8 Å². The van der Waals surface area contributed by atoms with Gasteiger partial charge in [-0.3, -0.25) is 24.0 Å². The van der Waals surface area contributed by atoms with Crippen molar-refractivity contribution in [2.24, 2.45) is 0 Å². The molecular weight excluding hydrogens is 816 g/mol. The number of phenolic OH excluding ortho intramolecular Hbond substituents is 2. The quantitative estimate of drug-likeness (QED) is 0.164. The van der Waals surface area contributed by atoms with Gasteiger partial charge < -0.3 is 59.1 Å². The molecular formula is C44H48O18. The molecule has 0 radical (unpaired) electrons. The molecule has 1 unspecified atom stereocenters. The van der Waals surface area contributed by atoms with Gasteiger partial charge in [-0.05, 0) is 77.1 Å². The Morgan fingerprint density at radius 1 is 0.839 bits per heavy atom. The number of aryl methyl sites for hydroxylation is 2. The van der Waals surface area contributed by atoms with Crippen LogP contribution in [0, 0.1) is 20.8 Å². The molecule has 5 aliphatic rings. The standard InChI is InChI=1S/C44H48O18/c1-16-9-10-17(2)33(47)28(16)41(53)62-39-21(6)59-27(15-42(39,7)54)60-24-11-12-26(58-20(24)5)61-40-36(50)30(19(4)45)37(51)44(56)38(52)31-22(14-43(40,44)55)18(3)29-32(35(31)49)23(46)13-25(57-8)34(29)48/h9-10,13,20-21,24,26-27,39-40,47,49,51,54-56H,11-12,14-15H2,1-8H3/t20-,21+,24+,26+,27+,39-,40-,42-,43?,44-/m1/s1. The second-order valence-electron chi connectivity index (χ2n) is 16.9. The highest BCUT2D eigenvalue weighted by atomic mass is 16.7. The molecule has 0 aromatic heterocycles. The molecule has 0 amide bonds. The largest absolute Gasteiger partial charge is 0.508 e. The number of benzene rings is 2. The van der Waals surface area contributed by atoms with Crippen LogP contribution in [0.1, 0.15) is 111 Å². The van der Waals surface area contributed by atoms with Crippen LogP contribution >= 0.6 is 0 Å². The van der Waals surface area contributed by atoms with Crippen molar-refractivity contribution in [2.45, 2.75) is 134 Å². The number of aromatic hydroxyl groups is 2. The van der Waals surface area contributed by atoms with Crippen LogP contribution in [0.25, 0.3) is 0 Å². The highest BCUT2D eigenvalue weighted by Gasteiger charge is 2.71. The number of Topliss-reactive ketones (excluding diaryl/α,β-unsaturated/α-hetero) is 4. The van der Waals surface area contributed by atoms with Gasteiger partial charge in [0.1, 0.15) is 39.6 Å². The summed E-state index contributed by atoms with van der Waals surface area (Å²) in [5, 5.41) is 69.4. The molecule has 0 saturated carbocycles. The Labute approximate surface area is 354 Å². The van der Waals surface area contributed by atoms with Gasteiger partial charge in [0, 0.05) is 30.9 Å². The van der Waals surface area contributed by atoms with Crippen molar-refractivity contribution < 1.29 is 87.8 Å². The van der Waals surface area contributed by atoms with Crippen LogP contribution in [0.4, 0.5) is 0 Å². The molecule has 2 saturated heterocycles. The van der Waals surface area contributed by atoms with E-state index in [9.17, 15) is 59.4 Å². The number of fused-ring (bicyclic) bond motifs is 3. The average molecular weight is 865 g/mol. The first kappa shape index (κ1) is 44.7. The zero-order valence-corrected chi connectivity index (χ0v) is 35.2. The number of hydrogen-bond acceptors (Lipinski definition) is 18. The highest BCUT2D eigenvalue weighted by Crippen LogP contribution is 2.52. The van der Waals surface area contributed by atoms with Gasteiger partial charge in [0.15, 0.2) is 42.1 Å². The number of hydrogen-bond donors (Lipinski definition) is 6. The molecule has 2 aliphatic heterocycles. The highest BCUT2D eigenvalue weighted by molar-refractivity contribution is 6.29. The maximum atomic E-state index is 14.4. The molecule has 7 rings (SSSR count). The Balaban J connectivity index is 1.11. The van der Waals surface area contributed by atoms with E-state index in [4.69, 9.17) is 28.4 Å². The zero-order valence-electron chi connectivity index (χ0n) is 35.2. The predicted octanol–water partition coefficient (Wildman–Crippen LogP) is 2.52. The maximum Gasteiger partial charge on any atom is 0.342 e. The number of phenols is 2. The van der Waals surface area contributed by atoms with Crippen molar-refractivity contribution in [1.29, 1.82) is 0 Å². The van der Waals surface area contributed by atoms with Crippen molar-refractivity contribution in [1.82, 2.24) is 0 Å². The van der Waals surface area contributed by atoms with Gasteiger partial charge in [-0.15, -0.1) is 0 Å². The third kappa shape index (κ3) is 6.67. The van der Waals surface area contributed by atoms with E-state index in [1.807, 2.05) is 0 Å². The normalized spacial score (nSPS) is 33.3. The smallest absolute Gasteiger partial charge is 0.342 e. The van der Waals surface area contributed by atoms with Gasteiger partial charge in [-0.1, -0.05) is 12.1 Å². The number of ketones is 5. The molecule has 2 aromatic rings. The fourth-order valence-electron chi connectivity index (χ4n) is 9.37. The summed E-state index contributed by atoms with van der Waals surface area (Å²) >= 11 is 0. The van der Waals surface area contributed by atoms with E-state index < -0.39 is 129 Å². The van der Waals surface area contributed by atoms with Crippen LogP contribution < -0.4 is 0 Å². The number of aliphatic hydroxyl groups is 4. The van der Waals surface area contributed by atoms with Gasteiger partial charge in [0.05, 0.1) is 36.5 Å². The first-order valence-corrected chi connectivity index (χ1v) is 20.0. The number of methoxy groups -OCH3 is 1. The fourth-order valence-corrected chi connectivity index (χ4v) is 9.37. The molecule has 2 aromatic carbocycles. The Morgan fingerprint density at radius 2 is 1.48 bits per heavy atom. The first-order valence-electron chi connectivity index (χ1n) is 20.0. The minimum atomic E-state index is -3.49. The Hall–Kier alpha value is -5.34. The lowest BCUT2D eigenvalue weighted by Gasteiger charge is -2.52. The van der Waals surface area contributed by atoms with Gasteiger partial charge >= 0.3 is 5.97 Å². The Morgan fingerprint density at radius 3 is 2.10 bits per heavy atom. The number of carbonyl (C=O) groups is 6. The average Bonchev–Trinajstić information content (AvgIpc) is 3.18. The van der Waals surface area contributed by atoms with Crippen molar-refractivity contribution >= 4 is 34.9 Å². The Kier molecular flexibility index (Phi) is 11.2. The summed E-state index contributed by atoms with van der Waals surface area (Å²) in [5.41, 5.74) is -10.4. The third-order valence-electron chi connectivity index (χ3n) is 12.7. The van der Waals surface area contributed by atoms with Gasteiger partial charge in [0.25, 0.3) is 0 Å². The van der Waals surface area contributed by atoms with Crippen LogP contribution in [0.5, 0.6) is 11.5 Å². The van der Waals surface area contributed by atoms with Crippen molar-refractivity contribution in [2.75, 3.05) is 7.11 Å². The van der Waals surface area contributed by atoms with Crippen molar-refractivity contribution in [3.05, 3.63) is 79.8 Å². The SMILES string of the molecule is COC1=CC(=O)c2c(O)c3c(c(C)c2C1=O)CC1(O)[C@H](O[C@H]2CC[C@H](O[C@H]4C[C@@](C)(O)[C@H](OC(=O)c5c(C)ccc(C)c5O)[C@H](C)O4)[C@@H](C)O2)C(=O)C(C(C)=O)=C(O)[C@@]1(O)C3=O. The number of rotatable bonds is 8. The van der Waals surface area contributed by atoms with E-state index in [0.29, 0.717) is 11.1 Å². The predicted molar refractivity (Wildman–Crippen MR) is 210 cm³/mol. The van der Waals surface area contributed by atoms with Crippen LogP contribution in [0.15, 0.2) is 35.3 Å². The third-order valence-corrected chi connectivity index (χ3v) is 12.7. The summed E-state index contributed by atoms with van der Waals surface area (Å²) < 4.78 is 35.1. The molecule has 18 heteroatoms. The second kappa shape index (κ2) is 15.5. The van der Waals surface area contributed by atoms with Gasteiger partial charge in [-0.2, -0.15) is 0 Å². The molecule has 332 valence electrons. The molecule has 18 nitrogen and oxygen atoms in total. The van der Waals surface area contributed by atoms with E-state index >= 15 is 0 Å². The van der Waals surface area contributed by atoms with Gasteiger partial charge in [-0.25, -0.2) is 4.79 Å². The molecule has 0 spiro atoms. The molecule has 2 fully saturated rings. The summed E-state index contributed by atoms with van der Waals surface area (Å²) in [7, 11) is 1.15. The number of allylic oxidation sites excluding steroid dienone is 2. The lowest BCUT2D eigenvalue weighted by atomic mass is 9.58. The molecule has 2 heterocycles. The molecule has 3 aliphatic carbocycles. The summed E-state index contributed by atoms with van der Waals surface area (Å²) in [5.74, 6) is -9.67. The van der Waals surface area contributed by atoms with Crippen LogP contribution in [-0.4, -0.2) is 133 Å². The first-order chi connectivity index (χ1) is 28.9. The molecule has 6 N–H and O–H groups in total. The van der Waals surface area contributed by atoms with Crippen molar-refractivity contribution in [3.63, 3.8) is 0 Å². The number of ether oxygens (including phenoxy) is 6. The molecule has 0 bridgehead atoms. The maximum absolute atomic E-state index is 14.4. The van der Waals surface area contributed by atoms with Crippen LogP contribution in [0.3, 0.4) is 0 Å². The summed E-state index contributed by atoms with van der Waals surface area (Å²) in [6.07, 6.45) is -8.40. The lowest BCUT2D eigenvalue weighted by Crippen LogP contribution is -2.74. The summed E-state index contributed by atoms with van der Waals surface area (Å²) in [6, 6.07) is 3.32. The minimum Gasteiger partial charge on any atom is -0.508 e. The minimum absolute atomic E-state index is 0.0332. The topological polar surface area (TPSA) is 279 Å². The fraction of sp³-hybridized carbons (Fsp3) is 0.500. The number of carbonyl (C=O) groups excluding carboxylic acids is 6. The Bertz CT molecular complexity index is 2410. The number of aliphatic hydroxyl groups excluding tert-OH is 1. The van der Waals surface area contributed by atoms with E-state index in [0.717, 1.165) is 20.1 Å². The van der Waals surface area contributed by atoms with E-state index in [-0.39, 0.29) is 53.0 Å². The summed E-state index contributed by atoms with van der Waals surface area (Å²) in [6.45, 7) is 10.1. The monoisotopic (exact) mass is 864 g/mol. The van der Waals surface area contributed by atoms with Gasteiger partial charge in [0.2, 0.25) is 23.0 Å². The lowest BCUT2D eigenvalue weighted by molar-refractivity contribution is -0.315. The second-order valence-corrected chi connectivity index (χ2v) is 16.9. The van der Waals surface area contributed by atoms with E-state index in [2.05, 4.69) is 0 Å². The van der Waals surface area contributed by atoms with Crippen LogP contribution in [-0.2, 0) is 44.4 Å².